The van der Waals surface area contributed by atoms with Gasteiger partial charge >= 0.3 is 0 Å². The smallest absolute Gasteiger partial charge is 0.265 e. The van der Waals surface area contributed by atoms with Crippen LogP contribution in [0.15, 0.2) is 12.1 Å². The lowest BCUT2D eigenvalue weighted by Crippen LogP contribution is -2.34. The van der Waals surface area contributed by atoms with Crippen molar-refractivity contribution in [3.8, 4) is 0 Å². The van der Waals surface area contributed by atoms with Gasteiger partial charge in [0.05, 0.1) is 18.5 Å². The van der Waals surface area contributed by atoms with Crippen LogP contribution in [0.3, 0.4) is 0 Å². The Labute approximate surface area is 182 Å². The van der Waals surface area contributed by atoms with Crippen molar-refractivity contribution in [2.75, 3.05) is 23.8 Å². The summed E-state index contributed by atoms with van der Waals surface area (Å²) in [6.45, 7) is 15.5. The number of carbonyl (C=O) groups is 1. The maximum Gasteiger partial charge on any atom is 0.265 e. The van der Waals surface area contributed by atoms with Crippen molar-refractivity contribution in [1.29, 1.82) is 0 Å². The quantitative estimate of drug-likeness (QED) is 0.302. The van der Waals surface area contributed by atoms with Crippen LogP contribution in [-0.4, -0.2) is 30.1 Å². The largest absolute Gasteiger partial charge is 0.322 e. The Bertz CT molecular complexity index is 580. The Balaban J connectivity index is 3.27. The lowest BCUT2D eigenvalue weighted by Gasteiger charge is -2.35. The number of nitrogens with one attached hydrogen (secondary N) is 1. The molecule has 1 atom stereocenters. The first-order chi connectivity index (χ1) is 13.8. The molecule has 166 valence electrons. The van der Waals surface area contributed by atoms with Gasteiger partial charge < -0.3 is 5.32 Å². The van der Waals surface area contributed by atoms with E-state index < -0.39 is 7.26 Å². The highest BCUT2D eigenvalue weighted by Crippen LogP contribution is 2.66. The molecule has 0 aliphatic carbocycles. The molecule has 0 spiro atoms. The predicted molar refractivity (Wildman–Crippen MR) is 134 cm³/mol. The summed E-state index contributed by atoms with van der Waals surface area (Å²) in [5.74, 6) is 0.304. The van der Waals surface area contributed by atoms with Crippen molar-refractivity contribution in [1.82, 2.24) is 0 Å². The number of hydrogen-bond acceptors (Lipinski definition) is 1. The van der Waals surface area contributed by atoms with Crippen LogP contribution in [0, 0.1) is 20.8 Å². The summed E-state index contributed by atoms with van der Waals surface area (Å²) in [4.78, 5) is 13.7. The van der Waals surface area contributed by atoms with E-state index in [4.69, 9.17) is 0 Å². The number of anilines is 1. The molecule has 0 bridgehead atoms. The third kappa shape index (κ3) is 7.71. The van der Waals surface area contributed by atoms with Gasteiger partial charge in [-0.25, -0.2) is 0 Å². The van der Waals surface area contributed by atoms with Crippen LogP contribution < -0.4 is 5.32 Å². The van der Waals surface area contributed by atoms with Crippen molar-refractivity contribution in [3.05, 3.63) is 28.8 Å². The van der Waals surface area contributed by atoms with E-state index in [9.17, 15) is 4.79 Å². The third-order valence-corrected chi connectivity index (χ3v) is 11.8. The molecule has 1 unspecified atom stereocenters. The number of unbranched alkanes of at least 4 members (excludes halogenated alkanes) is 3. The standard InChI is InChI=1S/C26H46NOP/c1-8-12-16-29(17-13-9-2,18-14-10-3)24(15-11-4)26(28)27-25-22(6)19-21(5)20-23(25)7/h19-20,24H,8-18H2,1-7H3/p+1. The number of hydrogen-bond donors (Lipinski definition) is 1. The number of aryl methyl sites for hydroxylation is 3. The molecular formula is C26H47NOP+. The van der Waals surface area contributed by atoms with Crippen molar-refractivity contribution in [2.45, 2.75) is 105 Å². The number of rotatable bonds is 14. The summed E-state index contributed by atoms with van der Waals surface area (Å²) >= 11 is 0. The van der Waals surface area contributed by atoms with E-state index in [-0.39, 0.29) is 5.66 Å². The zero-order valence-electron chi connectivity index (χ0n) is 20.4. The number of carbonyl (C=O) groups excluding carboxylic acids is 1. The molecule has 1 aromatic carbocycles. The van der Waals surface area contributed by atoms with E-state index in [1.807, 2.05) is 0 Å². The van der Waals surface area contributed by atoms with E-state index in [2.05, 4.69) is 65.9 Å². The monoisotopic (exact) mass is 420 g/mol. The summed E-state index contributed by atoms with van der Waals surface area (Å²) in [6.07, 6.45) is 13.6. The second kappa shape index (κ2) is 13.4. The van der Waals surface area contributed by atoms with Gasteiger partial charge in [-0.05, 0) is 57.6 Å². The lowest BCUT2D eigenvalue weighted by atomic mass is 10.0. The molecule has 0 fully saturated rings. The summed E-state index contributed by atoms with van der Waals surface area (Å²) in [5, 5.41) is 3.41. The Hall–Kier alpha value is -0.880. The second-order valence-electron chi connectivity index (χ2n) is 9.02. The van der Waals surface area contributed by atoms with Gasteiger partial charge in [-0.2, -0.15) is 0 Å². The minimum Gasteiger partial charge on any atom is -0.322 e. The van der Waals surface area contributed by atoms with Crippen LogP contribution in [-0.2, 0) is 4.79 Å². The first-order valence-corrected chi connectivity index (χ1v) is 14.5. The molecule has 1 aromatic rings. The molecule has 1 rings (SSSR count). The molecule has 0 aromatic heterocycles. The Morgan fingerprint density at radius 1 is 0.828 bits per heavy atom. The van der Waals surface area contributed by atoms with Gasteiger partial charge in [-0.1, -0.05) is 71.1 Å². The lowest BCUT2D eigenvalue weighted by molar-refractivity contribution is -0.116. The van der Waals surface area contributed by atoms with Crippen LogP contribution in [0.2, 0.25) is 0 Å². The molecule has 2 nitrogen and oxygen atoms in total. The molecule has 0 saturated heterocycles. The van der Waals surface area contributed by atoms with Gasteiger partial charge in [0.25, 0.3) is 5.91 Å². The number of benzene rings is 1. The van der Waals surface area contributed by atoms with Gasteiger partial charge in [0.2, 0.25) is 0 Å². The fourth-order valence-electron chi connectivity index (χ4n) is 4.73. The maximum absolute atomic E-state index is 13.7. The van der Waals surface area contributed by atoms with Crippen LogP contribution in [0.4, 0.5) is 5.69 Å². The summed E-state index contributed by atoms with van der Waals surface area (Å²) in [6, 6.07) is 4.37. The SMILES string of the molecule is CCCC[P+](CCCC)(CCCC)C(CCC)C(=O)Nc1c(C)cc(C)cc1C. The Kier molecular flexibility index (Phi) is 12.1. The zero-order chi connectivity index (χ0) is 21.9. The molecule has 1 amide bonds. The van der Waals surface area contributed by atoms with Gasteiger partial charge in [-0.3, -0.25) is 4.79 Å². The van der Waals surface area contributed by atoms with Crippen molar-refractivity contribution in [3.63, 3.8) is 0 Å². The molecule has 0 heterocycles. The first-order valence-electron chi connectivity index (χ1n) is 12.1. The first kappa shape index (κ1) is 26.2. The third-order valence-electron chi connectivity index (χ3n) is 6.32. The zero-order valence-corrected chi connectivity index (χ0v) is 21.3. The molecule has 0 saturated carbocycles. The van der Waals surface area contributed by atoms with E-state index in [0.29, 0.717) is 5.91 Å². The molecular weight excluding hydrogens is 373 g/mol. The van der Waals surface area contributed by atoms with E-state index in [0.717, 1.165) is 18.5 Å². The summed E-state index contributed by atoms with van der Waals surface area (Å²) in [5.41, 5.74) is 4.90. The molecule has 3 heteroatoms. The van der Waals surface area contributed by atoms with E-state index in [1.54, 1.807) is 0 Å². The second-order valence-corrected chi connectivity index (χ2v) is 13.4. The van der Waals surface area contributed by atoms with Crippen LogP contribution in [0.5, 0.6) is 0 Å². The topological polar surface area (TPSA) is 29.1 Å². The fourth-order valence-corrected chi connectivity index (χ4v) is 10.5. The van der Waals surface area contributed by atoms with Gasteiger partial charge in [-0.15, -0.1) is 0 Å². The van der Waals surface area contributed by atoms with Crippen molar-refractivity contribution >= 4 is 18.9 Å². The Morgan fingerprint density at radius 3 is 1.66 bits per heavy atom. The summed E-state index contributed by atoms with van der Waals surface area (Å²) < 4.78 is 0. The average Bonchev–Trinajstić information content (AvgIpc) is 2.68. The average molecular weight is 421 g/mol. The maximum atomic E-state index is 13.7. The van der Waals surface area contributed by atoms with E-state index >= 15 is 0 Å². The highest BCUT2D eigenvalue weighted by molar-refractivity contribution is 7.77. The molecule has 0 aliphatic heterocycles. The minimum atomic E-state index is -1.32. The fraction of sp³-hybridized carbons (Fsp3) is 0.731. The highest BCUT2D eigenvalue weighted by atomic mass is 31.2. The summed E-state index contributed by atoms with van der Waals surface area (Å²) in [7, 11) is -1.32. The van der Waals surface area contributed by atoms with Gasteiger partial charge in [0, 0.05) is 12.9 Å². The Morgan fingerprint density at radius 2 is 1.28 bits per heavy atom. The van der Waals surface area contributed by atoms with Crippen LogP contribution >= 0.6 is 7.26 Å². The van der Waals surface area contributed by atoms with Gasteiger partial charge in [0.1, 0.15) is 5.66 Å². The normalized spacial score (nSPS) is 12.8. The number of amides is 1. The van der Waals surface area contributed by atoms with E-state index in [1.165, 1.54) is 73.7 Å². The van der Waals surface area contributed by atoms with Crippen LogP contribution in [0.1, 0.15) is 95.8 Å². The van der Waals surface area contributed by atoms with Crippen molar-refractivity contribution in [2.24, 2.45) is 0 Å². The van der Waals surface area contributed by atoms with Crippen LogP contribution in [0.25, 0.3) is 0 Å². The minimum absolute atomic E-state index is 0.220. The molecule has 29 heavy (non-hydrogen) atoms. The highest BCUT2D eigenvalue weighted by Gasteiger charge is 2.47. The predicted octanol–water partition coefficient (Wildman–Crippen LogP) is 8.14. The molecule has 0 aliphatic rings. The van der Waals surface area contributed by atoms with Gasteiger partial charge in [0.15, 0.2) is 0 Å². The molecule has 1 N–H and O–H groups in total. The van der Waals surface area contributed by atoms with Crippen molar-refractivity contribution < 1.29 is 4.79 Å². The molecule has 0 radical (unpaired) electrons.